The normalized spacial score (nSPS) is 11.4. The van der Waals surface area contributed by atoms with Crippen LogP contribution in [0.25, 0.3) is 0 Å². The smallest absolute Gasteiger partial charge is 0.264 e. The van der Waals surface area contributed by atoms with Gasteiger partial charge in [0.25, 0.3) is 26.0 Å². The van der Waals surface area contributed by atoms with Crippen LogP contribution in [0, 0.1) is 0 Å². The minimum absolute atomic E-state index is 0.0133. The molecule has 0 aliphatic carbocycles. The number of hydrogen-bond donors (Lipinski definition) is 2. The van der Waals surface area contributed by atoms with Crippen LogP contribution in [0.1, 0.15) is 17.3 Å². The second-order valence-electron chi connectivity index (χ2n) is 8.65. The number of hydrogen-bond acceptors (Lipinski definition) is 7. The van der Waals surface area contributed by atoms with Gasteiger partial charge in [-0.25, -0.2) is 16.8 Å². The molecule has 0 aromatic heterocycles. The molecule has 2 N–H and O–H groups in total. The lowest BCUT2D eigenvalue weighted by Gasteiger charge is -2.23. The van der Waals surface area contributed by atoms with Crippen LogP contribution in [0.15, 0.2) is 107 Å². The quantitative estimate of drug-likeness (QED) is 0.250. The van der Waals surface area contributed by atoms with Crippen LogP contribution < -0.4 is 23.8 Å². The van der Waals surface area contributed by atoms with E-state index >= 15 is 0 Å². The molecule has 12 heteroatoms. The van der Waals surface area contributed by atoms with Gasteiger partial charge in [0.15, 0.2) is 0 Å². The fourth-order valence-electron chi connectivity index (χ4n) is 4.08. The maximum Gasteiger partial charge on any atom is 0.264 e. The molecule has 1 amide bonds. The Morgan fingerprint density at radius 3 is 2.02 bits per heavy atom. The van der Waals surface area contributed by atoms with Crippen LogP contribution in [0.2, 0.25) is 0 Å². The SMILES string of the molecule is CCN(c1ccccc1)S(=O)(=O)c1ccc(OC)c(NC(=O)c2ccccc2NS(=O)(=O)c2ccc(OC)cc2)c1. The third kappa shape index (κ3) is 6.44. The number of carbonyl (C=O) groups excluding carboxylic acids is 1. The number of para-hydroxylation sites is 2. The molecule has 41 heavy (non-hydrogen) atoms. The summed E-state index contributed by atoms with van der Waals surface area (Å²) in [4.78, 5) is 13.3. The number of nitrogens with zero attached hydrogens (tertiary/aromatic N) is 1. The predicted octanol–water partition coefficient (Wildman–Crippen LogP) is 4.97. The molecule has 4 rings (SSSR count). The van der Waals surface area contributed by atoms with Crippen molar-refractivity contribution in [1.82, 2.24) is 0 Å². The fraction of sp³-hybridized carbons (Fsp3) is 0.138. The van der Waals surface area contributed by atoms with Crippen molar-refractivity contribution in [2.45, 2.75) is 16.7 Å². The molecule has 0 aliphatic rings. The second kappa shape index (κ2) is 12.3. The Morgan fingerprint density at radius 2 is 1.39 bits per heavy atom. The Balaban J connectivity index is 1.64. The molecule has 214 valence electrons. The highest BCUT2D eigenvalue weighted by Gasteiger charge is 2.26. The largest absolute Gasteiger partial charge is 0.497 e. The van der Waals surface area contributed by atoms with E-state index in [1.165, 1.54) is 73.1 Å². The molecule has 10 nitrogen and oxygen atoms in total. The average Bonchev–Trinajstić information content (AvgIpc) is 2.98. The van der Waals surface area contributed by atoms with Gasteiger partial charge in [-0.2, -0.15) is 0 Å². The van der Waals surface area contributed by atoms with E-state index in [1.807, 2.05) is 0 Å². The van der Waals surface area contributed by atoms with Crippen molar-refractivity contribution in [1.29, 1.82) is 0 Å². The molecule has 0 fully saturated rings. The van der Waals surface area contributed by atoms with E-state index in [0.29, 0.717) is 11.4 Å². The number of amides is 1. The zero-order valence-corrected chi connectivity index (χ0v) is 24.2. The van der Waals surface area contributed by atoms with Crippen molar-refractivity contribution in [3.8, 4) is 11.5 Å². The molecule has 0 radical (unpaired) electrons. The van der Waals surface area contributed by atoms with E-state index in [-0.39, 0.29) is 39.0 Å². The lowest BCUT2D eigenvalue weighted by atomic mass is 10.1. The zero-order chi connectivity index (χ0) is 29.6. The molecule has 0 saturated heterocycles. The van der Waals surface area contributed by atoms with E-state index < -0.39 is 26.0 Å². The number of methoxy groups -OCH3 is 2. The van der Waals surface area contributed by atoms with Crippen LogP contribution in [-0.2, 0) is 20.0 Å². The van der Waals surface area contributed by atoms with Gasteiger partial charge in [-0.1, -0.05) is 30.3 Å². The van der Waals surface area contributed by atoms with Crippen LogP contribution in [0.5, 0.6) is 11.5 Å². The standard InChI is InChI=1S/C29H29N3O7S2/c1-4-32(21-10-6-5-7-11-21)41(36,37)24-18-19-28(39-3)27(20-24)30-29(33)25-12-8-9-13-26(25)31-40(34,35)23-16-14-22(38-2)15-17-23/h5-20,31H,4H2,1-3H3,(H,30,33). The van der Waals surface area contributed by atoms with Gasteiger partial charge in [0.1, 0.15) is 11.5 Å². The van der Waals surface area contributed by atoms with Gasteiger partial charge < -0.3 is 14.8 Å². The van der Waals surface area contributed by atoms with E-state index in [2.05, 4.69) is 10.0 Å². The minimum Gasteiger partial charge on any atom is -0.497 e. The van der Waals surface area contributed by atoms with Gasteiger partial charge in [0.2, 0.25) is 0 Å². The molecule has 0 unspecified atom stereocenters. The Kier molecular flexibility index (Phi) is 8.84. The molecule has 0 aliphatic heterocycles. The van der Waals surface area contributed by atoms with Gasteiger partial charge in [-0.05, 0) is 73.7 Å². The Labute approximate surface area is 239 Å². The van der Waals surface area contributed by atoms with E-state index in [9.17, 15) is 21.6 Å². The third-order valence-corrected chi connectivity index (χ3v) is 9.40. The van der Waals surface area contributed by atoms with Gasteiger partial charge in [0, 0.05) is 6.54 Å². The topological polar surface area (TPSA) is 131 Å². The molecule has 0 heterocycles. The van der Waals surface area contributed by atoms with Crippen LogP contribution in [0.3, 0.4) is 0 Å². The summed E-state index contributed by atoms with van der Waals surface area (Å²) >= 11 is 0. The summed E-state index contributed by atoms with van der Waals surface area (Å²) in [5.74, 6) is 0.0328. The van der Waals surface area contributed by atoms with Crippen molar-refractivity contribution in [3.63, 3.8) is 0 Å². The zero-order valence-electron chi connectivity index (χ0n) is 22.6. The van der Waals surface area contributed by atoms with E-state index in [0.717, 1.165) is 0 Å². The molecule has 0 saturated carbocycles. The molecule has 4 aromatic carbocycles. The van der Waals surface area contributed by atoms with Crippen molar-refractivity contribution in [2.75, 3.05) is 35.1 Å². The van der Waals surface area contributed by atoms with Gasteiger partial charge >= 0.3 is 0 Å². The predicted molar refractivity (Wildman–Crippen MR) is 158 cm³/mol. The number of rotatable bonds is 11. The first-order valence-electron chi connectivity index (χ1n) is 12.4. The minimum atomic E-state index is -4.04. The van der Waals surface area contributed by atoms with E-state index in [1.54, 1.807) is 49.4 Å². The first-order valence-corrected chi connectivity index (χ1v) is 15.4. The van der Waals surface area contributed by atoms with Crippen LogP contribution in [-0.4, -0.2) is 43.5 Å². The Hall–Kier alpha value is -4.55. The molecular weight excluding hydrogens is 566 g/mol. The van der Waals surface area contributed by atoms with Crippen LogP contribution >= 0.6 is 0 Å². The highest BCUT2D eigenvalue weighted by molar-refractivity contribution is 7.93. The summed E-state index contributed by atoms with van der Waals surface area (Å²) in [6, 6.07) is 24.7. The molecule has 0 spiro atoms. The number of nitrogens with one attached hydrogen (secondary N) is 2. The maximum atomic E-state index is 13.5. The number of benzene rings is 4. The summed E-state index contributed by atoms with van der Waals surface area (Å²) in [5.41, 5.74) is 0.633. The summed E-state index contributed by atoms with van der Waals surface area (Å²) in [7, 11) is -5.17. The average molecular weight is 596 g/mol. The monoisotopic (exact) mass is 595 g/mol. The van der Waals surface area contributed by atoms with Crippen molar-refractivity contribution >= 4 is 43.0 Å². The number of ether oxygens (including phenoxy) is 2. The number of anilines is 3. The Bertz CT molecular complexity index is 1740. The lowest BCUT2D eigenvalue weighted by Crippen LogP contribution is -2.30. The summed E-state index contributed by atoms with van der Waals surface area (Å²) < 4.78 is 67.3. The molecular formula is C29H29N3O7S2. The lowest BCUT2D eigenvalue weighted by molar-refractivity contribution is 0.102. The van der Waals surface area contributed by atoms with E-state index in [4.69, 9.17) is 9.47 Å². The van der Waals surface area contributed by atoms with Gasteiger partial charge in [0.05, 0.1) is 46.6 Å². The third-order valence-electron chi connectivity index (χ3n) is 6.12. The molecule has 4 aromatic rings. The highest BCUT2D eigenvalue weighted by atomic mass is 32.2. The molecule has 0 atom stereocenters. The number of carbonyl (C=O) groups is 1. The summed E-state index contributed by atoms with van der Waals surface area (Å²) in [6.45, 7) is 1.91. The summed E-state index contributed by atoms with van der Waals surface area (Å²) in [6.07, 6.45) is 0. The first-order chi connectivity index (χ1) is 19.6. The van der Waals surface area contributed by atoms with Crippen molar-refractivity contribution in [3.05, 3.63) is 103 Å². The second-order valence-corrected chi connectivity index (χ2v) is 12.2. The van der Waals surface area contributed by atoms with Crippen molar-refractivity contribution < 1.29 is 31.1 Å². The Morgan fingerprint density at radius 1 is 0.756 bits per heavy atom. The van der Waals surface area contributed by atoms with Gasteiger partial charge in [-0.15, -0.1) is 0 Å². The van der Waals surface area contributed by atoms with Crippen molar-refractivity contribution in [2.24, 2.45) is 0 Å². The fourth-order valence-corrected chi connectivity index (χ4v) is 6.66. The first kappa shape index (κ1) is 29.4. The van der Waals surface area contributed by atoms with Gasteiger partial charge in [-0.3, -0.25) is 13.8 Å². The van der Waals surface area contributed by atoms with Crippen LogP contribution in [0.4, 0.5) is 17.1 Å². The number of sulfonamides is 2. The highest BCUT2D eigenvalue weighted by Crippen LogP contribution is 2.32. The summed E-state index contributed by atoms with van der Waals surface area (Å²) in [5, 5.41) is 2.67. The maximum absolute atomic E-state index is 13.5. The molecule has 0 bridgehead atoms.